The third kappa shape index (κ3) is 39.2. The first-order chi connectivity index (χ1) is 15.4. The van der Waals surface area contributed by atoms with Crippen LogP contribution in [0.5, 0.6) is 0 Å². The molecule has 1 atom stereocenters. The molecule has 32 heavy (non-hydrogen) atoms. The van der Waals surface area contributed by atoms with E-state index >= 15 is 0 Å². The minimum absolute atomic E-state index is 0.278. The number of unbranched alkanes of at least 4 members (excludes halogenated alkanes) is 11. The molecule has 0 spiro atoms. The molecule has 6 N–H and O–H groups in total. The minimum Gasteiger partial charge on any atom is -0.481 e. The van der Waals surface area contributed by atoms with E-state index in [9.17, 15) is 9.59 Å². The fourth-order valence-corrected chi connectivity index (χ4v) is 2.45. The maximum absolute atomic E-state index is 10.3. The summed E-state index contributed by atoms with van der Waals surface area (Å²) in [6.07, 6.45) is 19.4. The lowest BCUT2D eigenvalue weighted by Gasteiger charge is -1.99. The van der Waals surface area contributed by atoms with Crippen LogP contribution in [0.15, 0.2) is 12.2 Å². The molecule has 0 fully saturated rings. The van der Waals surface area contributed by atoms with Crippen molar-refractivity contribution in [2.45, 2.75) is 109 Å². The number of aldehydes is 1. The van der Waals surface area contributed by atoms with Crippen LogP contribution in [-0.4, -0.2) is 74.9 Å². The molecule has 0 aromatic rings. The van der Waals surface area contributed by atoms with Crippen molar-refractivity contribution in [3.8, 4) is 0 Å². The van der Waals surface area contributed by atoms with Gasteiger partial charge in [-0.25, -0.2) is 0 Å². The molecule has 0 radical (unpaired) electrons. The highest BCUT2D eigenvalue weighted by molar-refractivity contribution is 5.66. The van der Waals surface area contributed by atoms with Crippen LogP contribution in [-0.2, 0) is 9.59 Å². The van der Waals surface area contributed by atoms with Gasteiger partial charge in [0.05, 0.1) is 19.8 Å². The van der Waals surface area contributed by atoms with Gasteiger partial charge < -0.3 is 35.4 Å². The number of hydrogen-bond donors (Lipinski definition) is 6. The van der Waals surface area contributed by atoms with E-state index in [0.717, 1.165) is 12.8 Å². The van der Waals surface area contributed by atoms with Crippen molar-refractivity contribution in [3.63, 3.8) is 0 Å². The zero-order valence-corrected chi connectivity index (χ0v) is 19.9. The third-order valence-corrected chi connectivity index (χ3v) is 4.42. The Morgan fingerprint density at radius 3 is 1.47 bits per heavy atom. The fourth-order valence-electron chi connectivity index (χ4n) is 2.45. The molecule has 1 unspecified atom stereocenters. The molecular formula is C24H48O8. The van der Waals surface area contributed by atoms with Gasteiger partial charge in [-0.1, -0.05) is 70.4 Å². The first kappa shape index (κ1) is 35.3. The average Bonchev–Trinajstić information content (AvgIpc) is 2.81. The summed E-state index contributed by atoms with van der Waals surface area (Å²) in [6, 6.07) is 0. The molecule has 0 aliphatic heterocycles. The van der Waals surface area contributed by atoms with Crippen molar-refractivity contribution in [2.75, 3.05) is 19.8 Å². The van der Waals surface area contributed by atoms with E-state index in [0.29, 0.717) is 6.42 Å². The SMILES string of the molecule is CCCCCCCC/C=C\CCCCCCCC(=O)O.O=CC(O)CO.OCC(O)CO. The summed E-state index contributed by atoms with van der Waals surface area (Å²) in [5.74, 6) is -0.664. The van der Waals surface area contributed by atoms with Gasteiger partial charge in [0.2, 0.25) is 0 Å². The molecule has 0 bridgehead atoms. The Balaban J connectivity index is -0.000000571. The first-order valence-corrected chi connectivity index (χ1v) is 11.9. The maximum atomic E-state index is 10.3. The monoisotopic (exact) mass is 464 g/mol. The van der Waals surface area contributed by atoms with Gasteiger partial charge in [-0.2, -0.15) is 0 Å². The number of aliphatic hydroxyl groups is 5. The van der Waals surface area contributed by atoms with Crippen LogP contribution in [0.1, 0.15) is 96.8 Å². The van der Waals surface area contributed by atoms with E-state index in [1.807, 2.05) is 0 Å². The molecule has 0 rings (SSSR count). The highest BCUT2D eigenvalue weighted by atomic mass is 16.4. The fraction of sp³-hybridized carbons (Fsp3) is 0.833. The number of hydrogen-bond acceptors (Lipinski definition) is 7. The molecule has 192 valence electrons. The van der Waals surface area contributed by atoms with Crippen molar-refractivity contribution < 1.29 is 40.2 Å². The summed E-state index contributed by atoms with van der Waals surface area (Å²) in [5.41, 5.74) is 0. The van der Waals surface area contributed by atoms with Crippen LogP contribution in [0.25, 0.3) is 0 Å². The number of carbonyl (C=O) groups is 2. The molecule has 0 amide bonds. The van der Waals surface area contributed by atoms with Crippen molar-refractivity contribution in [2.24, 2.45) is 0 Å². The molecule has 8 heteroatoms. The Morgan fingerprint density at radius 2 is 1.16 bits per heavy atom. The first-order valence-electron chi connectivity index (χ1n) is 11.9. The van der Waals surface area contributed by atoms with E-state index in [4.69, 9.17) is 30.6 Å². The smallest absolute Gasteiger partial charge is 0.303 e. The number of carboxylic acids is 1. The zero-order chi connectivity index (χ0) is 24.9. The Labute approximate surface area is 194 Å². The van der Waals surface area contributed by atoms with Gasteiger partial charge in [0.15, 0.2) is 6.29 Å². The summed E-state index contributed by atoms with van der Waals surface area (Å²) >= 11 is 0. The van der Waals surface area contributed by atoms with Gasteiger partial charge in [-0.15, -0.1) is 0 Å². The highest BCUT2D eigenvalue weighted by Crippen LogP contribution is 2.09. The second kappa shape index (κ2) is 31.9. The van der Waals surface area contributed by atoms with Gasteiger partial charge in [0.25, 0.3) is 0 Å². The van der Waals surface area contributed by atoms with Crippen molar-refractivity contribution >= 4 is 12.3 Å². The van der Waals surface area contributed by atoms with E-state index < -0.39 is 24.8 Å². The van der Waals surface area contributed by atoms with Crippen LogP contribution >= 0.6 is 0 Å². The Kier molecular flexibility index (Phi) is 35.1. The number of aliphatic carboxylic acids is 1. The van der Waals surface area contributed by atoms with E-state index in [1.165, 1.54) is 70.6 Å². The second-order valence-electron chi connectivity index (χ2n) is 7.63. The highest BCUT2D eigenvalue weighted by Gasteiger charge is 1.96. The Morgan fingerprint density at radius 1 is 0.719 bits per heavy atom. The molecule has 8 nitrogen and oxygen atoms in total. The van der Waals surface area contributed by atoms with Crippen LogP contribution in [0.4, 0.5) is 0 Å². The van der Waals surface area contributed by atoms with Gasteiger partial charge >= 0.3 is 5.97 Å². The number of allylic oxidation sites excluding steroid dienone is 2. The summed E-state index contributed by atoms with van der Waals surface area (Å²) < 4.78 is 0. The summed E-state index contributed by atoms with van der Waals surface area (Å²) in [7, 11) is 0. The lowest BCUT2D eigenvalue weighted by atomic mass is 10.1. The van der Waals surface area contributed by atoms with Crippen LogP contribution < -0.4 is 0 Å². The van der Waals surface area contributed by atoms with Crippen LogP contribution in [0, 0.1) is 0 Å². The van der Waals surface area contributed by atoms with Gasteiger partial charge in [0, 0.05) is 6.42 Å². The topological polar surface area (TPSA) is 156 Å². The Hall–Kier alpha value is -1.32. The van der Waals surface area contributed by atoms with Gasteiger partial charge in [-0.3, -0.25) is 4.79 Å². The molecule has 0 aromatic heterocycles. The van der Waals surface area contributed by atoms with Crippen LogP contribution in [0.3, 0.4) is 0 Å². The lowest BCUT2D eigenvalue weighted by Crippen LogP contribution is -2.15. The molecule has 0 saturated heterocycles. The van der Waals surface area contributed by atoms with Gasteiger partial charge in [0.1, 0.15) is 12.2 Å². The van der Waals surface area contributed by atoms with Crippen molar-refractivity contribution in [3.05, 3.63) is 12.2 Å². The summed E-state index contributed by atoms with van der Waals surface area (Å²) in [4.78, 5) is 19.6. The molecule has 0 aliphatic carbocycles. The zero-order valence-electron chi connectivity index (χ0n) is 19.9. The summed E-state index contributed by atoms with van der Waals surface area (Å²) in [5, 5.41) is 48.4. The van der Waals surface area contributed by atoms with E-state index in [1.54, 1.807) is 0 Å². The van der Waals surface area contributed by atoms with E-state index in [-0.39, 0.29) is 19.5 Å². The molecule has 0 aliphatic rings. The number of aliphatic hydroxyl groups excluding tert-OH is 5. The number of rotatable bonds is 19. The number of carboxylic acid groups (broad SMARTS) is 1. The molecule has 0 saturated carbocycles. The van der Waals surface area contributed by atoms with E-state index in [2.05, 4.69) is 19.1 Å². The van der Waals surface area contributed by atoms with Gasteiger partial charge in [-0.05, 0) is 32.1 Å². The standard InChI is InChI=1S/C18H34O2.C3H8O3.C3H6O3/c1-2-3-4-5-6-7-8-9-10-11-12-13-14-15-16-17-18(19)20;2*4-1-3(6)2-5/h9-10H,2-8,11-17H2,1H3,(H,19,20);3-6H,1-2H2;1,3,5-6H,2H2/b10-9-;;. The summed E-state index contributed by atoms with van der Waals surface area (Å²) in [6.45, 7) is 1.05. The second-order valence-corrected chi connectivity index (χ2v) is 7.63. The van der Waals surface area contributed by atoms with Crippen molar-refractivity contribution in [1.29, 1.82) is 0 Å². The maximum Gasteiger partial charge on any atom is 0.303 e. The lowest BCUT2D eigenvalue weighted by molar-refractivity contribution is -0.137. The molecule has 0 heterocycles. The third-order valence-electron chi connectivity index (χ3n) is 4.42. The quantitative estimate of drug-likeness (QED) is 0.0968. The minimum atomic E-state index is -1.19. The average molecular weight is 465 g/mol. The molecule has 0 aromatic carbocycles. The Bertz CT molecular complexity index is 397. The predicted octanol–water partition coefficient (Wildman–Crippen LogP) is 2.98. The molecular weight excluding hydrogens is 416 g/mol. The van der Waals surface area contributed by atoms with Crippen molar-refractivity contribution in [1.82, 2.24) is 0 Å². The number of carbonyl (C=O) groups excluding carboxylic acids is 1. The van der Waals surface area contributed by atoms with Crippen LogP contribution in [0.2, 0.25) is 0 Å². The normalized spacial score (nSPS) is 11.5. The predicted molar refractivity (Wildman–Crippen MR) is 126 cm³/mol. The largest absolute Gasteiger partial charge is 0.481 e.